The number of ether oxygens (including phenoxy) is 2. The van der Waals surface area contributed by atoms with E-state index in [-0.39, 0.29) is 6.01 Å². The lowest BCUT2D eigenvalue weighted by molar-refractivity contribution is 0.0589. The van der Waals surface area contributed by atoms with E-state index in [0.29, 0.717) is 50.4 Å². The lowest BCUT2D eigenvalue weighted by Crippen LogP contribution is -2.34. The minimum atomic E-state index is -0.698. The highest BCUT2D eigenvalue weighted by Crippen LogP contribution is 2.50. The molecule has 4 aromatic rings. The number of amides is 1. The molecular weight excluding hydrogens is 527 g/mol. The van der Waals surface area contributed by atoms with Gasteiger partial charge in [0.15, 0.2) is 5.75 Å². The molecule has 11 nitrogen and oxygen atoms in total. The number of benzene rings is 1. The zero-order valence-corrected chi connectivity index (χ0v) is 24.4. The second-order valence-corrected chi connectivity index (χ2v) is 11.7. The minimum Gasteiger partial charge on any atom is -0.443 e. The Balaban J connectivity index is 0.00000165. The van der Waals surface area contributed by atoms with Crippen molar-refractivity contribution < 1.29 is 18.7 Å². The molecule has 1 aliphatic carbocycles. The number of aromatic amines is 1. The van der Waals surface area contributed by atoms with Gasteiger partial charge in [-0.05, 0) is 71.6 Å². The molecule has 218 valence electrons. The normalized spacial score (nSPS) is 16.0. The standard InChI is InChI=1S/C28H32FN7O3.CH5N/c1-16-30-13-18(14-31-16)38-25-33-23-21(24(34-25)36-10-9-28(15-36)7-6-8-28)19-11-17(29)12-20(22(19)32-23)35(5)26(37)39-27(2,3)4;1-2/h11-14H,6-10,15H2,1-5H3,(H,32,33,34);2H2,1H3. The first kappa shape index (κ1) is 28.5. The molecule has 1 saturated heterocycles. The summed E-state index contributed by atoms with van der Waals surface area (Å²) < 4.78 is 26.6. The molecule has 2 aliphatic rings. The van der Waals surface area contributed by atoms with E-state index in [1.807, 2.05) is 0 Å². The van der Waals surface area contributed by atoms with Crippen molar-refractivity contribution >= 4 is 39.5 Å². The minimum absolute atomic E-state index is 0.133. The molecule has 0 atom stereocenters. The quantitative estimate of drug-likeness (QED) is 0.331. The van der Waals surface area contributed by atoms with E-state index in [0.717, 1.165) is 19.5 Å². The smallest absolute Gasteiger partial charge is 0.414 e. The number of halogens is 1. The molecule has 1 amide bonds. The molecule has 4 heterocycles. The zero-order valence-electron chi connectivity index (χ0n) is 24.4. The summed E-state index contributed by atoms with van der Waals surface area (Å²) >= 11 is 0. The van der Waals surface area contributed by atoms with Gasteiger partial charge in [-0.1, -0.05) is 6.42 Å². The van der Waals surface area contributed by atoms with Gasteiger partial charge in [0, 0.05) is 25.5 Å². The van der Waals surface area contributed by atoms with Crippen LogP contribution in [-0.2, 0) is 4.74 Å². The summed E-state index contributed by atoms with van der Waals surface area (Å²) in [5, 5.41) is 1.28. The Morgan fingerprint density at radius 3 is 2.46 bits per heavy atom. The lowest BCUT2D eigenvalue weighted by Gasteiger charge is -2.38. The van der Waals surface area contributed by atoms with Crippen LogP contribution in [0.4, 0.5) is 20.7 Å². The molecule has 6 rings (SSSR count). The maximum atomic E-state index is 15.1. The summed E-state index contributed by atoms with van der Waals surface area (Å²) in [5.41, 5.74) is 5.49. The Hall–Kier alpha value is -4.06. The molecule has 1 spiro atoms. The summed E-state index contributed by atoms with van der Waals surface area (Å²) in [6.07, 6.45) is 7.29. The Labute approximate surface area is 238 Å². The van der Waals surface area contributed by atoms with Gasteiger partial charge in [0.1, 0.15) is 28.7 Å². The van der Waals surface area contributed by atoms with Crippen LogP contribution in [0.15, 0.2) is 24.5 Å². The molecule has 2 fully saturated rings. The zero-order chi connectivity index (χ0) is 29.5. The molecule has 3 N–H and O–H groups in total. The second-order valence-electron chi connectivity index (χ2n) is 11.7. The van der Waals surface area contributed by atoms with Crippen LogP contribution < -0.4 is 20.3 Å². The van der Waals surface area contributed by atoms with Crippen molar-refractivity contribution in [2.24, 2.45) is 11.1 Å². The summed E-state index contributed by atoms with van der Waals surface area (Å²) in [4.78, 5) is 37.6. The van der Waals surface area contributed by atoms with Crippen LogP contribution in [-0.4, -0.2) is 63.8 Å². The fourth-order valence-corrected chi connectivity index (χ4v) is 5.51. The highest BCUT2D eigenvalue weighted by Gasteiger charge is 2.43. The number of H-pyrrole nitrogens is 1. The molecular formula is C29H37FN8O3. The molecule has 1 aliphatic heterocycles. The van der Waals surface area contributed by atoms with Gasteiger partial charge < -0.3 is 25.1 Å². The molecule has 3 aromatic heterocycles. The van der Waals surface area contributed by atoms with Crippen molar-refractivity contribution in [1.82, 2.24) is 24.9 Å². The second kappa shape index (κ2) is 10.7. The van der Waals surface area contributed by atoms with Crippen molar-refractivity contribution in [2.45, 2.75) is 59.0 Å². The Morgan fingerprint density at radius 1 is 1.15 bits per heavy atom. The van der Waals surface area contributed by atoms with Crippen molar-refractivity contribution in [3.63, 3.8) is 0 Å². The molecule has 0 bridgehead atoms. The van der Waals surface area contributed by atoms with Gasteiger partial charge in [0.2, 0.25) is 0 Å². The largest absolute Gasteiger partial charge is 0.443 e. The van der Waals surface area contributed by atoms with Crippen LogP contribution in [0.3, 0.4) is 0 Å². The van der Waals surface area contributed by atoms with E-state index in [9.17, 15) is 4.79 Å². The number of nitrogens with two attached hydrogens (primary N) is 1. The molecule has 0 unspecified atom stereocenters. The number of carbonyl (C=O) groups excluding carboxylic acids is 1. The van der Waals surface area contributed by atoms with Crippen molar-refractivity contribution in [3.8, 4) is 11.8 Å². The lowest BCUT2D eigenvalue weighted by atomic mass is 9.68. The van der Waals surface area contributed by atoms with Gasteiger partial charge in [-0.2, -0.15) is 9.97 Å². The highest BCUT2D eigenvalue weighted by atomic mass is 19.1. The van der Waals surface area contributed by atoms with Crippen molar-refractivity contribution in [1.29, 1.82) is 0 Å². The van der Waals surface area contributed by atoms with E-state index >= 15 is 4.39 Å². The van der Waals surface area contributed by atoms with Crippen LogP contribution in [0.25, 0.3) is 21.9 Å². The van der Waals surface area contributed by atoms with E-state index in [1.54, 1.807) is 47.1 Å². The molecule has 12 heteroatoms. The molecule has 0 radical (unpaired) electrons. The van der Waals surface area contributed by atoms with Crippen LogP contribution in [0.5, 0.6) is 11.8 Å². The third kappa shape index (κ3) is 5.61. The number of nitrogens with one attached hydrogen (secondary N) is 1. The van der Waals surface area contributed by atoms with E-state index in [4.69, 9.17) is 14.5 Å². The van der Waals surface area contributed by atoms with Gasteiger partial charge in [-0.15, -0.1) is 0 Å². The van der Waals surface area contributed by atoms with Crippen LogP contribution in [0, 0.1) is 18.2 Å². The number of fused-ring (bicyclic) bond motifs is 3. The van der Waals surface area contributed by atoms with Gasteiger partial charge in [-0.3, -0.25) is 4.90 Å². The van der Waals surface area contributed by atoms with Gasteiger partial charge in [0.05, 0.1) is 29.0 Å². The number of carbonyl (C=O) groups is 1. The third-order valence-corrected chi connectivity index (χ3v) is 7.61. The number of hydrogen-bond donors (Lipinski definition) is 2. The molecule has 1 saturated carbocycles. The van der Waals surface area contributed by atoms with Crippen molar-refractivity contribution in [2.75, 3.05) is 37.0 Å². The molecule has 1 aromatic carbocycles. The SMILES string of the molecule is CN.Cc1ncc(Oc2nc(N3CCC4(CCC4)C3)c3c(n2)[nH]c2c(N(C)C(=O)OC(C)(C)C)cc(F)cc23)cn1. The maximum absolute atomic E-state index is 15.1. The summed E-state index contributed by atoms with van der Waals surface area (Å²) in [6, 6.07) is 2.90. The maximum Gasteiger partial charge on any atom is 0.414 e. The first-order valence-corrected chi connectivity index (χ1v) is 13.8. The number of aryl methyl sites for hydroxylation is 1. The first-order chi connectivity index (χ1) is 19.5. The van der Waals surface area contributed by atoms with Crippen LogP contribution in [0.1, 0.15) is 52.3 Å². The van der Waals surface area contributed by atoms with E-state index in [2.05, 4.69) is 30.6 Å². The highest BCUT2D eigenvalue weighted by molar-refractivity contribution is 6.16. The van der Waals surface area contributed by atoms with Gasteiger partial charge >= 0.3 is 12.1 Å². The summed E-state index contributed by atoms with van der Waals surface area (Å²) in [7, 11) is 3.06. The summed E-state index contributed by atoms with van der Waals surface area (Å²) in [6.45, 7) is 8.87. The monoisotopic (exact) mass is 564 g/mol. The topological polar surface area (TPSA) is 135 Å². The Morgan fingerprint density at radius 2 is 1.85 bits per heavy atom. The van der Waals surface area contributed by atoms with Gasteiger partial charge in [0.25, 0.3) is 0 Å². The summed E-state index contributed by atoms with van der Waals surface area (Å²) in [5.74, 6) is 1.24. The number of hydrogen-bond acceptors (Lipinski definition) is 9. The third-order valence-electron chi connectivity index (χ3n) is 7.61. The van der Waals surface area contributed by atoms with E-state index < -0.39 is 17.5 Å². The number of aromatic nitrogens is 5. The van der Waals surface area contributed by atoms with Crippen LogP contribution >= 0.6 is 0 Å². The predicted molar refractivity (Wildman–Crippen MR) is 156 cm³/mol. The average molecular weight is 565 g/mol. The number of rotatable bonds is 4. The van der Waals surface area contributed by atoms with Crippen molar-refractivity contribution in [3.05, 3.63) is 36.2 Å². The number of nitrogens with zero attached hydrogens (tertiary/aromatic N) is 6. The predicted octanol–water partition coefficient (Wildman–Crippen LogP) is 5.47. The number of anilines is 2. The Bertz CT molecular complexity index is 1580. The van der Waals surface area contributed by atoms with Crippen LogP contribution in [0.2, 0.25) is 0 Å². The fourth-order valence-electron chi connectivity index (χ4n) is 5.51. The fraction of sp³-hybridized carbons (Fsp3) is 0.483. The van der Waals surface area contributed by atoms with Gasteiger partial charge in [-0.25, -0.2) is 19.2 Å². The molecule has 41 heavy (non-hydrogen) atoms. The first-order valence-electron chi connectivity index (χ1n) is 13.8. The Kier molecular flexibility index (Phi) is 7.45. The average Bonchev–Trinajstić information content (AvgIpc) is 3.52. The van der Waals surface area contributed by atoms with E-state index in [1.165, 1.54) is 43.3 Å².